The molecule has 2 rings (SSSR count). The number of halogens is 1. The molecule has 144 valence electrons. The molecule has 0 heterocycles. The molecule has 0 aliphatic rings. The highest BCUT2D eigenvalue weighted by Gasteiger charge is 2.08. The number of ether oxygens (including phenoxy) is 3. The molecule has 2 aromatic carbocycles. The summed E-state index contributed by atoms with van der Waals surface area (Å²) in [5.74, 6) is 1.43. The van der Waals surface area contributed by atoms with Gasteiger partial charge in [-0.2, -0.15) is 0 Å². The van der Waals surface area contributed by atoms with Crippen molar-refractivity contribution in [3.05, 3.63) is 58.1 Å². The average molecular weight is 433 g/mol. The zero-order valence-electron chi connectivity index (χ0n) is 16.0. The first kappa shape index (κ1) is 21.0. The van der Waals surface area contributed by atoms with Gasteiger partial charge in [-0.1, -0.05) is 25.5 Å². The minimum Gasteiger partial charge on any atom is -0.490 e. The van der Waals surface area contributed by atoms with Gasteiger partial charge in [0.1, 0.15) is 5.75 Å². The summed E-state index contributed by atoms with van der Waals surface area (Å²) < 4.78 is 17.5. The molecule has 0 N–H and O–H groups in total. The predicted octanol–water partition coefficient (Wildman–Crippen LogP) is 5.95. The molecular weight excluding hydrogens is 408 g/mol. The highest BCUT2D eigenvalue weighted by atomic mass is 79.9. The van der Waals surface area contributed by atoms with E-state index >= 15 is 0 Å². The Morgan fingerprint density at radius 3 is 2.52 bits per heavy atom. The van der Waals surface area contributed by atoms with Crippen LogP contribution in [-0.4, -0.2) is 19.2 Å². The third-order valence-corrected chi connectivity index (χ3v) is 4.35. The number of rotatable bonds is 9. The molecule has 0 radical (unpaired) electrons. The topological polar surface area (TPSA) is 44.8 Å². The number of carbonyl (C=O) groups is 1. The van der Waals surface area contributed by atoms with E-state index in [1.54, 1.807) is 12.1 Å². The number of benzene rings is 2. The first-order valence-corrected chi connectivity index (χ1v) is 9.88. The Balaban J connectivity index is 2.06. The van der Waals surface area contributed by atoms with Crippen LogP contribution in [0.15, 0.2) is 46.9 Å². The van der Waals surface area contributed by atoms with Gasteiger partial charge >= 0.3 is 5.97 Å². The standard InChI is InChI=1S/C22H25BrO4/c1-4-6-13-26-20-11-8-17(15-21(20)25-5-2)9-12-22(24)27-19-10-7-16(3)14-18(19)23/h7-12,14-15H,4-6,13H2,1-3H3/b12-9+. The van der Waals surface area contributed by atoms with Crippen LogP contribution in [0.3, 0.4) is 0 Å². The summed E-state index contributed by atoms with van der Waals surface area (Å²) in [6.45, 7) is 7.22. The van der Waals surface area contributed by atoms with E-state index in [0.717, 1.165) is 28.4 Å². The van der Waals surface area contributed by atoms with Crippen molar-refractivity contribution in [1.82, 2.24) is 0 Å². The quantitative estimate of drug-likeness (QED) is 0.212. The van der Waals surface area contributed by atoms with E-state index in [4.69, 9.17) is 14.2 Å². The molecule has 0 bridgehead atoms. The molecule has 2 aromatic rings. The van der Waals surface area contributed by atoms with Crippen molar-refractivity contribution in [2.24, 2.45) is 0 Å². The van der Waals surface area contributed by atoms with Gasteiger partial charge in [0.2, 0.25) is 0 Å². The lowest BCUT2D eigenvalue weighted by molar-refractivity contribution is -0.128. The summed E-state index contributed by atoms with van der Waals surface area (Å²) >= 11 is 3.40. The van der Waals surface area contributed by atoms with Crippen molar-refractivity contribution in [3.8, 4) is 17.2 Å². The largest absolute Gasteiger partial charge is 0.490 e. The summed E-state index contributed by atoms with van der Waals surface area (Å²) in [6, 6.07) is 11.2. The van der Waals surface area contributed by atoms with E-state index in [-0.39, 0.29) is 0 Å². The third kappa shape index (κ3) is 6.75. The smallest absolute Gasteiger partial charge is 0.336 e. The summed E-state index contributed by atoms with van der Waals surface area (Å²) in [5, 5.41) is 0. The van der Waals surface area contributed by atoms with Gasteiger partial charge < -0.3 is 14.2 Å². The van der Waals surface area contributed by atoms with Crippen LogP contribution < -0.4 is 14.2 Å². The SMILES string of the molecule is CCCCOc1ccc(/C=C/C(=O)Oc2ccc(C)cc2Br)cc1OCC. The van der Waals surface area contributed by atoms with Gasteiger partial charge in [0, 0.05) is 6.08 Å². The molecule has 0 amide bonds. The molecular formula is C22H25BrO4. The second-order valence-corrected chi connectivity index (χ2v) is 6.88. The zero-order chi connectivity index (χ0) is 19.6. The Labute approximate surface area is 169 Å². The minimum atomic E-state index is -0.444. The van der Waals surface area contributed by atoms with Gasteiger partial charge in [-0.05, 0) is 77.7 Å². The van der Waals surface area contributed by atoms with Crippen LogP contribution in [0.5, 0.6) is 17.2 Å². The summed E-state index contributed by atoms with van der Waals surface area (Å²) in [4.78, 5) is 12.1. The Bertz CT molecular complexity index is 799. The maximum Gasteiger partial charge on any atom is 0.336 e. The fourth-order valence-corrected chi connectivity index (χ4v) is 2.91. The molecule has 0 atom stereocenters. The molecule has 5 heteroatoms. The van der Waals surface area contributed by atoms with E-state index in [0.29, 0.717) is 30.5 Å². The average Bonchev–Trinajstić information content (AvgIpc) is 2.64. The first-order valence-electron chi connectivity index (χ1n) is 9.09. The lowest BCUT2D eigenvalue weighted by Crippen LogP contribution is -2.04. The third-order valence-electron chi connectivity index (χ3n) is 3.73. The van der Waals surface area contributed by atoms with Crippen LogP contribution >= 0.6 is 15.9 Å². The highest BCUT2D eigenvalue weighted by molar-refractivity contribution is 9.10. The molecule has 0 aliphatic heterocycles. The highest BCUT2D eigenvalue weighted by Crippen LogP contribution is 2.29. The van der Waals surface area contributed by atoms with Crippen molar-refractivity contribution in [2.45, 2.75) is 33.6 Å². The van der Waals surface area contributed by atoms with E-state index in [2.05, 4.69) is 22.9 Å². The normalized spacial score (nSPS) is 10.8. The molecule has 0 saturated carbocycles. The van der Waals surface area contributed by atoms with Gasteiger partial charge in [-0.3, -0.25) is 0 Å². The van der Waals surface area contributed by atoms with Crippen molar-refractivity contribution in [1.29, 1.82) is 0 Å². The maximum atomic E-state index is 12.1. The molecule has 27 heavy (non-hydrogen) atoms. The zero-order valence-corrected chi connectivity index (χ0v) is 17.5. The van der Waals surface area contributed by atoms with Gasteiger partial charge in [0.05, 0.1) is 17.7 Å². The molecule has 4 nitrogen and oxygen atoms in total. The second kappa shape index (κ2) is 10.8. The van der Waals surface area contributed by atoms with E-state index in [1.807, 2.05) is 44.2 Å². The molecule has 0 unspecified atom stereocenters. The minimum absolute atomic E-state index is 0.444. The van der Waals surface area contributed by atoms with Crippen molar-refractivity contribution in [3.63, 3.8) is 0 Å². The van der Waals surface area contributed by atoms with Crippen molar-refractivity contribution >= 4 is 28.0 Å². The van der Waals surface area contributed by atoms with Crippen molar-refractivity contribution < 1.29 is 19.0 Å². The summed E-state index contributed by atoms with van der Waals surface area (Å²) in [5.41, 5.74) is 1.92. The lowest BCUT2D eigenvalue weighted by atomic mass is 10.2. The summed E-state index contributed by atoms with van der Waals surface area (Å²) in [7, 11) is 0. The number of esters is 1. The monoisotopic (exact) mass is 432 g/mol. The molecule has 0 aliphatic carbocycles. The Morgan fingerprint density at radius 1 is 1.04 bits per heavy atom. The fraction of sp³-hybridized carbons (Fsp3) is 0.318. The van der Waals surface area contributed by atoms with Crippen LogP contribution in [0.2, 0.25) is 0 Å². The van der Waals surface area contributed by atoms with Gasteiger partial charge in [0.25, 0.3) is 0 Å². The number of carbonyl (C=O) groups excluding carboxylic acids is 1. The van der Waals surface area contributed by atoms with Crippen molar-refractivity contribution in [2.75, 3.05) is 13.2 Å². The second-order valence-electron chi connectivity index (χ2n) is 6.03. The number of aryl methyl sites for hydroxylation is 1. The first-order chi connectivity index (χ1) is 13.0. The van der Waals surface area contributed by atoms with Gasteiger partial charge in [-0.25, -0.2) is 4.79 Å². The van der Waals surface area contributed by atoms with Crippen LogP contribution in [0.4, 0.5) is 0 Å². The number of hydrogen-bond acceptors (Lipinski definition) is 4. The van der Waals surface area contributed by atoms with E-state index in [1.165, 1.54) is 6.08 Å². The van der Waals surface area contributed by atoms with E-state index < -0.39 is 5.97 Å². The van der Waals surface area contributed by atoms with Gasteiger partial charge in [-0.15, -0.1) is 0 Å². The molecule has 0 fully saturated rings. The molecule has 0 aromatic heterocycles. The fourth-order valence-electron chi connectivity index (χ4n) is 2.34. The molecule has 0 spiro atoms. The Morgan fingerprint density at radius 2 is 1.81 bits per heavy atom. The van der Waals surface area contributed by atoms with Crippen LogP contribution in [0.25, 0.3) is 6.08 Å². The van der Waals surface area contributed by atoms with Crippen LogP contribution in [-0.2, 0) is 4.79 Å². The van der Waals surface area contributed by atoms with E-state index in [9.17, 15) is 4.79 Å². The van der Waals surface area contributed by atoms with Crippen LogP contribution in [0.1, 0.15) is 37.8 Å². The maximum absolute atomic E-state index is 12.1. The number of unbranched alkanes of at least 4 members (excludes halogenated alkanes) is 1. The molecule has 0 saturated heterocycles. The number of hydrogen-bond donors (Lipinski definition) is 0. The Hall–Kier alpha value is -2.27. The predicted molar refractivity (Wildman–Crippen MR) is 112 cm³/mol. The van der Waals surface area contributed by atoms with Crippen LogP contribution in [0, 0.1) is 6.92 Å². The summed E-state index contributed by atoms with van der Waals surface area (Å²) in [6.07, 6.45) is 5.16. The lowest BCUT2D eigenvalue weighted by Gasteiger charge is -2.12. The van der Waals surface area contributed by atoms with Gasteiger partial charge in [0.15, 0.2) is 11.5 Å². The Kier molecular flexibility index (Phi) is 8.40.